The number of aryl methyl sites for hydroxylation is 1. The predicted molar refractivity (Wildman–Crippen MR) is 104 cm³/mol. The monoisotopic (exact) mass is 340 g/mol. The zero-order valence-corrected chi connectivity index (χ0v) is 15.3. The molecule has 0 atom stereocenters. The van der Waals surface area contributed by atoms with Crippen LogP contribution in [0.5, 0.6) is 0 Å². The van der Waals surface area contributed by atoms with Crippen LogP contribution in [0.1, 0.15) is 27.7 Å². The summed E-state index contributed by atoms with van der Waals surface area (Å²) in [6, 6.07) is 15.4. The molecule has 25 heavy (non-hydrogen) atoms. The van der Waals surface area contributed by atoms with Crippen molar-refractivity contribution in [1.82, 2.24) is 4.57 Å². The number of rotatable bonds is 2. The maximum absolute atomic E-state index is 12.4. The Kier molecular flexibility index (Phi) is 7.53. The highest BCUT2D eigenvalue weighted by molar-refractivity contribution is 5.84. The number of benzene rings is 2. The first-order chi connectivity index (χ1) is 12.1. The van der Waals surface area contributed by atoms with Gasteiger partial charge < -0.3 is 4.57 Å². The Morgan fingerprint density at radius 1 is 0.920 bits per heavy atom. The highest BCUT2D eigenvalue weighted by Gasteiger charge is 2.10. The molecule has 0 fully saturated rings. The molecule has 0 unspecified atom stereocenters. The third-order valence-corrected chi connectivity index (χ3v) is 3.52. The van der Waals surface area contributed by atoms with Crippen LogP contribution in [-0.2, 0) is 7.05 Å². The molecule has 5 heteroatoms. The van der Waals surface area contributed by atoms with Crippen molar-refractivity contribution in [2.24, 2.45) is 7.05 Å². The van der Waals surface area contributed by atoms with Gasteiger partial charge in [0.2, 0.25) is 0 Å². The summed E-state index contributed by atoms with van der Waals surface area (Å²) in [5.74, 6) is 0. The smallest absolute Gasteiger partial charge is 0.269 e. The lowest BCUT2D eigenvalue weighted by molar-refractivity contribution is -0.384. The molecule has 0 aliphatic carbocycles. The minimum atomic E-state index is -0.456. The van der Waals surface area contributed by atoms with Crippen LogP contribution in [0.3, 0.4) is 0 Å². The van der Waals surface area contributed by atoms with E-state index in [4.69, 9.17) is 0 Å². The number of aromatic nitrogens is 1. The van der Waals surface area contributed by atoms with Gasteiger partial charge in [-0.25, -0.2) is 0 Å². The predicted octanol–water partition coefficient (Wildman–Crippen LogP) is 5.17. The number of pyridine rings is 1. The molecule has 0 amide bonds. The van der Waals surface area contributed by atoms with Crippen molar-refractivity contribution in [3.8, 4) is 11.1 Å². The van der Waals surface area contributed by atoms with E-state index < -0.39 is 4.92 Å². The number of non-ortho nitro benzene ring substituents is 1. The van der Waals surface area contributed by atoms with E-state index in [1.54, 1.807) is 23.7 Å². The quantitative estimate of drug-likeness (QED) is 0.478. The van der Waals surface area contributed by atoms with Gasteiger partial charge in [0.25, 0.3) is 11.2 Å². The van der Waals surface area contributed by atoms with E-state index >= 15 is 0 Å². The summed E-state index contributed by atoms with van der Waals surface area (Å²) in [6.45, 7) is 8.00. The highest BCUT2D eigenvalue weighted by atomic mass is 16.6. The van der Waals surface area contributed by atoms with Crippen molar-refractivity contribution >= 4 is 16.6 Å². The van der Waals surface area contributed by atoms with Crippen LogP contribution in [0.4, 0.5) is 5.69 Å². The van der Waals surface area contributed by atoms with Gasteiger partial charge in [0, 0.05) is 24.7 Å². The van der Waals surface area contributed by atoms with E-state index in [0.717, 1.165) is 10.9 Å². The molecule has 0 spiro atoms. The lowest BCUT2D eigenvalue weighted by atomic mass is 10.0. The second-order valence-corrected chi connectivity index (χ2v) is 4.78. The minimum Gasteiger partial charge on any atom is -0.311 e. The Morgan fingerprint density at radius 3 is 2.04 bits per heavy atom. The molecule has 0 saturated heterocycles. The molecule has 0 N–H and O–H groups in total. The first kappa shape index (κ1) is 20.1. The summed E-state index contributed by atoms with van der Waals surface area (Å²) in [4.78, 5) is 22.7. The summed E-state index contributed by atoms with van der Waals surface area (Å²) in [7, 11) is 1.72. The third-order valence-electron chi connectivity index (χ3n) is 3.52. The molecule has 0 bridgehead atoms. The lowest BCUT2D eigenvalue weighted by Gasteiger charge is -2.08. The van der Waals surface area contributed by atoms with Crippen LogP contribution in [0, 0.1) is 10.1 Å². The molecule has 1 heterocycles. The molecule has 132 valence electrons. The van der Waals surface area contributed by atoms with Crippen LogP contribution < -0.4 is 5.56 Å². The molecule has 1 aromatic heterocycles. The van der Waals surface area contributed by atoms with Gasteiger partial charge >= 0.3 is 0 Å². The topological polar surface area (TPSA) is 65.1 Å². The van der Waals surface area contributed by atoms with Gasteiger partial charge in [0.1, 0.15) is 0 Å². The Hall–Kier alpha value is -2.95. The third kappa shape index (κ3) is 4.32. The van der Waals surface area contributed by atoms with E-state index in [-0.39, 0.29) is 11.2 Å². The van der Waals surface area contributed by atoms with Crippen LogP contribution >= 0.6 is 0 Å². The van der Waals surface area contributed by atoms with Crippen molar-refractivity contribution in [2.45, 2.75) is 27.7 Å². The van der Waals surface area contributed by atoms with Gasteiger partial charge in [-0.05, 0) is 35.2 Å². The van der Waals surface area contributed by atoms with Crippen LogP contribution in [-0.4, -0.2) is 9.49 Å². The number of nitro benzene ring substituents is 1. The number of para-hydroxylation sites is 1. The lowest BCUT2D eigenvalue weighted by Crippen LogP contribution is -2.18. The average Bonchev–Trinajstić information content (AvgIpc) is 2.68. The van der Waals surface area contributed by atoms with E-state index in [9.17, 15) is 14.9 Å². The summed E-state index contributed by atoms with van der Waals surface area (Å²) < 4.78 is 1.59. The highest BCUT2D eigenvalue weighted by Crippen LogP contribution is 2.22. The molecule has 5 nitrogen and oxygen atoms in total. The van der Waals surface area contributed by atoms with Gasteiger partial charge in [0.15, 0.2) is 0 Å². The van der Waals surface area contributed by atoms with Gasteiger partial charge in [-0.1, -0.05) is 45.9 Å². The van der Waals surface area contributed by atoms with Gasteiger partial charge in [0.05, 0.1) is 10.4 Å². The van der Waals surface area contributed by atoms with Crippen LogP contribution in [0.25, 0.3) is 22.0 Å². The Labute approximate surface area is 147 Å². The Balaban J connectivity index is 0.000000730. The summed E-state index contributed by atoms with van der Waals surface area (Å²) in [5, 5.41) is 11.6. The van der Waals surface area contributed by atoms with Crippen molar-refractivity contribution in [2.75, 3.05) is 0 Å². The zero-order chi connectivity index (χ0) is 19.0. The average molecular weight is 340 g/mol. The normalized spacial score (nSPS) is 9.48. The largest absolute Gasteiger partial charge is 0.311 e. The maximum atomic E-state index is 12.4. The van der Waals surface area contributed by atoms with Crippen molar-refractivity contribution < 1.29 is 4.92 Å². The number of nitrogens with zero attached hydrogens (tertiary/aromatic N) is 2. The van der Waals surface area contributed by atoms with Crippen molar-refractivity contribution in [3.05, 3.63) is 75.1 Å². The molecule has 0 aliphatic rings. The van der Waals surface area contributed by atoms with Gasteiger partial charge in [-0.2, -0.15) is 0 Å². The molecular weight excluding hydrogens is 316 g/mol. The molecule has 0 aliphatic heterocycles. The van der Waals surface area contributed by atoms with E-state index in [0.29, 0.717) is 11.1 Å². The minimum absolute atomic E-state index is 0.0105. The first-order valence-corrected chi connectivity index (χ1v) is 8.41. The molecule has 0 radical (unpaired) electrons. The number of hydrogen-bond donors (Lipinski definition) is 0. The zero-order valence-electron chi connectivity index (χ0n) is 15.3. The fourth-order valence-corrected chi connectivity index (χ4v) is 2.39. The van der Waals surface area contributed by atoms with Gasteiger partial charge in [-0.3, -0.25) is 14.9 Å². The Bertz CT molecular complexity index is 897. The summed E-state index contributed by atoms with van der Waals surface area (Å²) in [5.41, 5.74) is 1.95. The number of nitro groups is 1. The summed E-state index contributed by atoms with van der Waals surface area (Å²) in [6.07, 6.45) is 0. The second-order valence-electron chi connectivity index (χ2n) is 4.78. The van der Waals surface area contributed by atoms with Gasteiger partial charge in [-0.15, -0.1) is 0 Å². The Morgan fingerprint density at radius 2 is 1.48 bits per heavy atom. The van der Waals surface area contributed by atoms with E-state index in [2.05, 4.69) is 0 Å². The molecule has 2 aromatic carbocycles. The standard InChI is InChI=1S/C16H12N2O3.2C2H6/c1-17-15-5-3-2-4-12(15)10-14(16(17)19)11-6-8-13(9-7-11)18(20)21;2*1-2/h2-10H,1H3;2*1-2H3. The van der Waals surface area contributed by atoms with Crippen LogP contribution in [0.15, 0.2) is 59.4 Å². The van der Waals surface area contributed by atoms with Crippen LogP contribution in [0.2, 0.25) is 0 Å². The fraction of sp³-hybridized carbons (Fsp3) is 0.250. The first-order valence-electron chi connectivity index (χ1n) is 8.41. The molecular formula is C20H24N2O3. The SMILES string of the molecule is CC.CC.Cn1c(=O)c(-c2ccc([N+](=O)[O-])cc2)cc2ccccc21. The molecule has 0 saturated carbocycles. The second kappa shape index (κ2) is 9.37. The van der Waals surface area contributed by atoms with E-state index in [1.165, 1.54) is 12.1 Å². The number of hydrogen-bond acceptors (Lipinski definition) is 3. The van der Waals surface area contributed by atoms with Crippen molar-refractivity contribution in [1.29, 1.82) is 0 Å². The summed E-state index contributed by atoms with van der Waals surface area (Å²) >= 11 is 0. The van der Waals surface area contributed by atoms with Crippen molar-refractivity contribution in [3.63, 3.8) is 0 Å². The van der Waals surface area contributed by atoms with E-state index in [1.807, 2.05) is 58.0 Å². The maximum Gasteiger partial charge on any atom is 0.269 e. The number of fused-ring (bicyclic) bond motifs is 1. The molecule has 3 rings (SSSR count). The fourth-order valence-electron chi connectivity index (χ4n) is 2.39. The molecule has 3 aromatic rings.